The van der Waals surface area contributed by atoms with Crippen LogP contribution in [0.4, 0.5) is 5.82 Å². The zero-order valence-corrected chi connectivity index (χ0v) is 10.3. The Kier molecular flexibility index (Phi) is 3.39. The van der Waals surface area contributed by atoms with Crippen LogP contribution in [0.3, 0.4) is 0 Å². The summed E-state index contributed by atoms with van der Waals surface area (Å²) in [5, 5.41) is 8.20. The highest BCUT2D eigenvalue weighted by Crippen LogP contribution is 2.14. The second-order valence-corrected chi connectivity index (χ2v) is 4.71. The molecule has 0 amide bonds. The fraction of sp³-hybridized carbons (Fsp3) is 0.667. The molecule has 0 atom stereocenters. The van der Waals surface area contributed by atoms with Gasteiger partial charge in [0.2, 0.25) is 0 Å². The van der Waals surface area contributed by atoms with E-state index in [9.17, 15) is 0 Å². The van der Waals surface area contributed by atoms with E-state index in [1.165, 1.54) is 5.56 Å². The van der Waals surface area contributed by atoms with Crippen LogP contribution in [0.2, 0.25) is 0 Å². The molecule has 1 aliphatic rings. The predicted molar refractivity (Wildman–Crippen MR) is 65.7 cm³/mol. The Labute approximate surface area is 97.3 Å². The van der Waals surface area contributed by atoms with Gasteiger partial charge in [-0.25, -0.2) is 0 Å². The fourth-order valence-electron chi connectivity index (χ4n) is 2.07. The highest BCUT2D eigenvalue weighted by atomic mass is 15.3. The summed E-state index contributed by atoms with van der Waals surface area (Å²) in [4.78, 5) is 4.82. The molecule has 2 heterocycles. The minimum Gasteiger partial charge on any atom is -0.353 e. The number of rotatable bonds is 2. The summed E-state index contributed by atoms with van der Waals surface area (Å²) in [6, 6.07) is 2.75. The molecular weight excluding hydrogens is 200 g/mol. The molecule has 2 rings (SSSR count). The van der Waals surface area contributed by atoms with Crippen LogP contribution in [0, 0.1) is 6.92 Å². The number of hydrogen-bond donors (Lipinski definition) is 0. The second kappa shape index (κ2) is 4.78. The summed E-state index contributed by atoms with van der Waals surface area (Å²) in [5.74, 6) is 1.02. The maximum Gasteiger partial charge on any atom is 0.151 e. The van der Waals surface area contributed by atoms with Crippen LogP contribution < -0.4 is 4.90 Å². The van der Waals surface area contributed by atoms with E-state index in [1.807, 2.05) is 0 Å². The van der Waals surface area contributed by atoms with Crippen LogP contribution in [-0.2, 0) is 0 Å². The number of aromatic nitrogens is 2. The van der Waals surface area contributed by atoms with Crippen molar-refractivity contribution in [3.05, 3.63) is 17.8 Å². The van der Waals surface area contributed by atoms with E-state index < -0.39 is 0 Å². The van der Waals surface area contributed by atoms with Gasteiger partial charge < -0.3 is 4.90 Å². The molecular formula is C12H20N4. The Bertz CT molecular complexity index is 343. The molecule has 16 heavy (non-hydrogen) atoms. The first-order valence-electron chi connectivity index (χ1n) is 5.95. The molecule has 1 fully saturated rings. The van der Waals surface area contributed by atoms with Gasteiger partial charge >= 0.3 is 0 Å². The van der Waals surface area contributed by atoms with Crippen LogP contribution >= 0.6 is 0 Å². The van der Waals surface area contributed by atoms with Crippen molar-refractivity contribution in [1.82, 2.24) is 15.1 Å². The number of anilines is 1. The summed E-state index contributed by atoms with van der Waals surface area (Å²) in [5.41, 5.74) is 1.18. The standard InChI is InChI=1S/C12H20N4/c1-10(2)15-4-6-16(7-5-15)12-8-11(3)9-13-14-12/h8-10H,4-7H2,1-3H3. The number of aryl methyl sites for hydroxylation is 1. The van der Waals surface area contributed by atoms with Gasteiger partial charge in [0.1, 0.15) is 0 Å². The van der Waals surface area contributed by atoms with Gasteiger partial charge in [0.25, 0.3) is 0 Å². The Hall–Kier alpha value is -1.16. The lowest BCUT2D eigenvalue weighted by molar-refractivity contribution is 0.209. The first kappa shape index (κ1) is 11.3. The molecule has 0 saturated carbocycles. The van der Waals surface area contributed by atoms with E-state index >= 15 is 0 Å². The molecule has 0 bridgehead atoms. The molecule has 1 aliphatic heterocycles. The van der Waals surface area contributed by atoms with Crippen molar-refractivity contribution >= 4 is 5.82 Å². The van der Waals surface area contributed by atoms with Crippen LogP contribution in [0.15, 0.2) is 12.3 Å². The first-order chi connectivity index (χ1) is 7.66. The van der Waals surface area contributed by atoms with E-state index in [2.05, 4.69) is 46.8 Å². The fourth-order valence-corrected chi connectivity index (χ4v) is 2.07. The Morgan fingerprint density at radius 2 is 1.88 bits per heavy atom. The van der Waals surface area contributed by atoms with Crippen LogP contribution in [0.5, 0.6) is 0 Å². The maximum absolute atomic E-state index is 4.19. The van der Waals surface area contributed by atoms with E-state index in [1.54, 1.807) is 6.20 Å². The maximum atomic E-state index is 4.19. The third-order valence-corrected chi connectivity index (χ3v) is 3.15. The zero-order chi connectivity index (χ0) is 11.5. The van der Waals surface area contributed by atoms with E-state index in [0.717, 1.165) is 32.0 Å². The van der Waals surface area contributed by atoms with Crippen LogP contribution in [0.25, 0.3) is 0 Å². The molecule has 1 saturated heterocycles. The molecule has 0 aliphatic carbocycles. The van der Waals surface area contributed by atoms with Crippen molar-refractivity contribution in [1.29, 1.82) is 0 Å². The summed E-state index contributed by atoms with van der Waals surface area (Å²) in [7, 11) is 0. The van der Waals surface area contributed by atoms with Gasteiger partial charge in [-0.05, 0) is 32.4 Å². The Morgan fingerprint density at radius 1 is 1.19 bits per heavy atom. The highest BCUT2D eigenvalue weighted by molar-refractivity contribution is 5.39. The van der Waals surface area contributed by atoms with E-state index in [0.29, 0.717) is 6.04 Å². The van der Waals surface area contributed by atoms with Crippen LogP contribution in [-0.4, -0.2) is 47.3 Å². The Balaban J connectivity index is 1.99. The second-order valence-electron chi connectivity index (χ2n) is 4.71. The van der Waals surface area contributed by atoms with Crippen molar-refractivity contribution in [2.75, 3.05) is 31.1 Å². The normalized spacial score (nSPS) is 18.1. The van der Waals surface area contributed by atoms with Gasteiger partial charge in [0, 0.05) is 32.2 Å². The summed E-state index contributed by atoms with van der Waals surface area (Å²) >= 11 is 0. The monoisotopic (exact) mass is 220 g/mol. The van der Waals surface area contributed by atoms with Gasteiger partial charge in [-0.3, -0.25) is 4.90 Å². The van der Waals surface area contributed by atoms with Gasteiger partial charge in [-0.1, -0.05) is 0 Å². The molecule has 1 aromatic rings. The molecule has 88 valence electrons. The summed E-state index contributed by atoms with van der Waals surface area (Å²) in [6.45, 7) is 10.9. The van der Waals surface area contributed by atoms with Gasteiger partial charge in [-0.15, -0.1) is 5.10 Å². The average molecular weight is 220 g/mol. The molecule has 4 heteroatoms. The molecule has 4 nitrogen and oxygen atoms in total. The minimum absolute atomic E-state index is 0.644. The van der Waals surface area contributed by atoms with Crippen molar-refractivity contribution in [2.45, 2.75) is 26.8 Å². The molecule has 0 N–H and O–H groups in total. The lowest BCUT2D eigenvalue weighted by atomic mass is 10.2. The third-order valence-electron chi connectivity index (χ3n) is 3.15. The van der Waals surface area contributed by atoms with Gasteiger partial charge in [-0.2, -0.15) is 5.10 Å². The zero-order valence-electron chi connectivity index (χ0n) is 10.3. The SMILES string of the molecule is Cc1cnnc(N2CCN(C(C)C)CC2)c1. The average Bonchev–Trinajstić information content (AvgIpc) is 2.29. The summed E-state index contributed by atoms with van der Waals surface area (Å²) < 4.78 is 0. The van der Waals surface area contributed by atoms with Crippen LogP contribution in [0.1, 0.15) is 19.4 Å². The number of nitrogens with zero attached hydrogens (tertiary/aromatic N) is 4. The van der Waals surface area contributed by atoms with E-state index in [-0.39, 0.29) is 0 Å². The van der Waals surface area contributed by atoms with Gasteiger partial charge in [0.15, 0.2) is 5.82 Å². The Morgan fingerprint density at radius 3 is 2.44 bits per heavy atom. The largest absolute Gasteiger partial charge is 0.353 e. The number of piperazine rings is 1. The quantitative estimate of drug-likeness (QED) is 0.752. The van der Waals surface area contributed by atoms with Crippen molar-refractivity contribution in [3.63, 3.8) is 0 Å². The minimum atomic E-state index is 0.644. The smallest absolute Gasteiger partial charge is 0.151 e. The predicted octanol–water partition coefficient (Wildman–Crippen LogP) is 1.32. The molecule has 0 aromatic carbocycles. The molecule has 0 unspecified atom stereocenters. The topological polar surface area (TPSA) is 32.3 Å². The number of hydrogen-bond acceptors (Lipinski definition) is 4. The van der Waals surface area contributed by atoms with Crippen molar-refractivity contribution in [3.8, 4) is 0 Å². The van der Waals surface area contributed by atoms with Crippen molar-refractivity contribution < 1.29 is 0 Å². The highest BCUT2D eigenvalue weighted by Gasteiger charge is 2.19. The molecule has 0 radical (unpaired) electrons. The van der Waals surface area contributed by atoms with E-state index in [4.69, 9.17) is 0 Å². The molecule has 0 spiro atoms. The van der Waals surface area contributed by atoms with Crippen molar-refractivity contribution in [2.24, 2.45) is 0 Å². The third kappa shape index (κ3) is 2.50. The lowest BCUT2D eigenvalue weighted by Crippen LogP contribution is -2.49. The summed E-state index contributed by atoms with van der Waals surface area (Å²) in [6.07, 6.45) is 1.80. The van der Waals surface area contributed by atoms with Gasteiger partial charge in [0.05, 0.1) is 6.20 Å². The first-order valence-corrected chi connectivity index (χ1v) is 5.95. The lowest BCUT2D eigenvalue weighted by Gasteiger charge is -2.37. The molecule has 1 aromatic heterocycles.